The Labute approximate surface area is 184 Å². The Kier molecular flexibility index (Phi) is 7.72. The molecular weight excluding hydrogens is 510 g/mol. The number of para-hydroxylation sites is 1. The Balaban J connectivity index is 2.19. The van der Waals surface area contributed by atoms with Gasteiger partial charge in [0.15, 0.2) is 0 Å². The zero-order valence-corrected chi connectivity index (χ0v) is 17.7. The van der Waals surface area contributed by atoms with Gasteiger partial charge in [-0.15, -0.1) is 11.8 Å². The van der Waals surface area contributed by atoms with Crippen LogP contribution in [0.3, 0.4) is 0 Å². The smallest absolute Gasteiger partial charge is 0.324 e. The maximum atomic E-state index is 12.7. The average molecular weight is 520 g/mol. The molecule has 2 rings (SSSR count). The molecule has 0 fully saturated rings. The van der Waals surface area contributed by atoms with E-state index >= 15 is 0 Å². The predicted molar refractivity (Wildman–Crippen MR) is 104 cm³/mol. The van der Waals surface area contributed by atoms with Gasteiger partial charge >= 0.3 is 11.0 Å². The van der Waals surface area contributed by atoms with E-state index in [0.29, 0.717) is 17.8 Å². The van der Waals surface area contributed by atoms with Crippen LogP contribution in [-0.4, -0.2) is 36.0 Å². The van der Waals surface area contributed by atoms with Crippen LogP contribution < -0.4 is 5.32 Å². The van der Waals surface area contributed by atoms with Crippen molar-refractivity contribution < 1.29 is 44.5 Å². The van der Waals surface area contributed by atoms with Gasteiger partial charge in [-0.05, 0) is 36.0 Å². The number of rotatable bonds is 7. The van der Waals surface area contributed by atoms with Crippen LogP contribution in [0, 0.1) is 10.1 Å². The summed E-state index contributed by atoms with van der Waals surface area (Å²) in [5.74, 6) is -1.41. The third-order valence-electron chi connectivity index (χ3n) is 3.49. The van der Waals surface area contributed by atoms with E-state index in [4.69, 9.17) is 0 Å². The van der Waals surface area contributed by atoms with Crippen molar-refractivity contribution in [3.05, 3.63) is 52.6 Å². The largest absolute Gasteiger partial charge is 0.501 e. The van der Waals surface area contributed by atoms with Gasteiger partial charge in [0.25, 0.3) is 15.5 Å². The molecule has 0 aliphatic carbocycles. The molecule has 0 radical (unpaired) electrons. The van der Waals surface area contributed by atoms with Crippen molar-refractivity contribution in [2.24, 2.45) is 0 Å². The van der Waals surface area contributed by atoms with Crippen molar-refractivity contribution in [3.8, 4) is 0 Å². The minimum absolute atomic E-state index is 0.165. The number of nitro groups is 1. The second-order valence-electron chi connectivity index (χ2n) is 5.72. The first-order valence-electron chi connectivity index (χ1n) is 7.99. The lowest BCUT2D eigenvalue weighted by atomic mass is 10.3. The third kappa shape index (κ3) is 6.52. The van der Waals surface area contributed by atoms with Gasteiger partial charge in [-0.3, -0.25) is 14.9 Å². The first-order chi connectivity index (χ1) is 14.6. The Hall–Kier alpha value is -2.46. The van der Waals surface area contributed by atoms with Gasteiger partial charge in [-0.1, -0.05) is 12.1 Å². The summed E-state index contributed by atoms with van der Waals surface area (Å²) in [6.45, 7) is 0. The molecule has 1 amide bonds. The lowest BCUT2D eigenvalue weighted by Gasteiger charge is -2.12. The van der Waals surface area contributed by atoms with E-state index < -0.39 is 59.8 Å². The van der Waals surface area contributed by atoms with E-state index in [2.05, 4.69) is 5.32 Å². The van der Waals surface area contributed by atoms with Gasteiger partial charge < -0.3 is 5.32 Å². The van der Waals surface area contributed by atoms with Crippen molar-refractivity contribution >= 4 is 50.6 Å². The summed E-state index contributed by atoms with van der Waals surface area (Å²) < 4.78 is 98.7. The molecule has 7 nitrogen and oxygen atoms in total. The minimum Gasteiger partial charge on any atom is -0.324 e. The number of hydrogen-bond acceptors (Lipinski definition) is 7. The van der Waals surface area contributed by atoms with Crippen LogP contribution in [0.25, 0.3) is 0 Å². The summed E-state index contributed by atoms with van der Waals surface area (Å²) in [6, 6.07) is 6.47. The number of hydrogen-bond donors (Lipinski definition) is 1. The van der Waals surface area contributed by atoms with E-state index in [1.54, 1.807) is 0 Å². The number of nitrogens with one attached hydrogen (secondary N) is 1. The Bertz CT molecular complexity index is 1140. The van der Waals surface area contributed by atoms with Crippen LogP contribution in [0.4, 0.5) is 37.7 Å². The van der Waals surface area contributed by atoms with Crippen LogP contribution >= 0.6 is 23.5 Å². The zero-order chi connectivity index (χ0) is 24.3. The molecule has 0 spiro atoms. The van der Waals surface area contributed by atoms with E-state index in [0.717, 1.165) is 12.1 Å². The molecule has 2 aromatic rings. The van der Waals surface area contributed by atoms with Gasteiger partial charge in [0.2, 0.25) is 5.91 Å². The van der Waals surface area contributed by atoms with Crippen LogP contribution in [0.15, 0.2) is 57.2 Å². The molecule has 0 saturated heterocycles. The van der Waals surface area contributed by atoms with Crippen LogP contribution in [0.1, 0.15) is 0 Å². The number of amides is 1. The molecule has 0 aromatic heterocycles. The fraction of sp³-hybridized carbons (Fsp3) is 0.188. The predicted octanol–water partition coefficient (Wildman–Crippen LogP) is 5.23. The number of nitro benzene ring substituents is 1. The molecular formula is C16H10F6N2O5S3. The maximum absolute atomic E-state index is 12.7. The average Bonchev–Trinajstić information content (AvgIpc) is 2.65. The Morgan fingerprint density at radius 2 is 1.66 bits per heavy atom. The lowest BCUT2D eigenvalue weighted by molar-refractivity contribution is -0.388. The highest BCUT2D eigenvalue weighted by Crippen LogP contribution is 2.40. The highest BCUT2D eigenvalue weighted by molar-refractivity contribution is 8.00. The van der Waals surface area contributed by atoms with Crippen LogP contribution in [0.5, 0.6) is 0 Å². The number of nitrogens with zero attached hydrogens (tertiary/aromatic N) is 1. The number of anilines is 1. The highest BCUT2D eigenvalue weighted by atomic mass is 32.2. The number of benzene rings is 2. The summed E-state index contributed by atoms with van der Waals surface area (Å²) in [4.78, 5) is 20.2. The number of sulfone groups is 1. The maximum Gasteiger partial charge on any atom is 0.501 e. The summed E-state index contributed by atoms with van der Waals surface area (Å²) >= 11 is 0.0261. The van der Waals surface area contributed by atoms with Crippen molar-refractivity contribution in [3.63, 3.8) is 0 Å². The molecule has 32 heavy (non-hydrogen) atoms. The first-order valence-corrected chi connectivity index (χ1v) is 11.3. The fourth-order valence-electron chi connectivity index (χ4n) is 2.18. The number of halogens is 6. The second-order valence-corrected chi connectivity index (χ2v) is 9.78. The Morgan fingerprint density at radius 3 is 2.22 bits per heavy atom. The van der Waals surface area contributed by atoms with Crippen LogP contribution in [-0.2, 0) is 14.6 Å². The van der Waals surface area contributed by atoms with Crippen molar-refractivity contribution in [2.45, 2.75) is 25.7 Å². The third-order valence-corrected chi connectivity index (χ3v) is 6.84. The fourth-order valence-corrected chi connectivity index (χ4v) is 4.39. The normalized spacial score (nSPS) is 12.4. The molecule has 174 valence electrons. The molecule has 1 N–H and O–H groups in total. The zero-order valence-electron chi connectivity index (χ0n) is 15.2. The van der Waals surface area contributed by atoms with Gasteiger partial charge in [0.05, 0.1) is 26.2 Å². The molecule has 0 saturated carbocycles. The molecule has 0 bridgehead atoms. The number of carbonyl (C=O) groups is 1. The molecule has 0 aliphatic rings. The molecule has 0 heterocycles. The van der Waals surface area contributed by atoms with E-state index in [-0.39, 0.29) is 21.5 Å². The number of alkyl halides is 6. The highest BCUT2D eigenvalue weighted by Gasteiger charge is 2.47. The summed E-state index contributed by atoms with van der Waals surface area (Å²) in [6.07, 6.45) is 0. The molecule has 0 atom stereocenters. The standard InChI is InChI=1S/C16H10F6N2O5S3/c17-15(18,19)31-12-4-2-1-3-10(12)23-14(25)8-30-13-6-5-9(7-11(13)24(26)27)32(28,29)16(20,21)22/h1-7H,8H2,(H,23,25). The van der Waals surface area contributed by atoms with Gasteiger partial charge in [-0.2, -0.15) is 26.3 Å². The summed E-state index contributed by atoms with van der Waals surface area (Å²) in [7, 11) is -5.83. The molecule has 2 aromatic carbocycles. The summed E-state index contributed by atoms with van der Waals surface area (Å²) in [5, 5.41) is 13.4. The molecule has 0 unspecified atom stereocenters. The lowest BCUT2D eigenvalue weighted by Crippen LogP contribution is -2.23. The Morgan fingerprint density at radius 1 is 1.03 bits per heavy atom. The van der Waals surface area contributed by atoms with Gasteiger partial charge in [-0.25, -0.2) is 8.42 Å². The number of carbonyl (C=O) groups excluding carboxylic acids is 1. The van der Waals surface area contributed by atoms with Gasteiger partial charge in [0.1, 0.15) is 0 Å². The summed E-state index contributed by atoms with van der Waals surface area (Å²) in [5.41, 5.74) is -11.4. The SMILES string of the molecule is O=C(CSc1ccc(S(=O)(=O)C(F)(F)F)cc1[N+](=O)[O-])Nc1ccccc1SC(F)(F)F. The molecule has 16 heteroatoms. The quantitative estimate of drug-likeness (QED) is 0.231. The van der Waals surface area contributed by atoms with Gasteiger partial charge in [0, 0.05) is 11.0 Å². The number of thioether (sulfide) groups is 2. The minimum atomic E-state index is -5.83. The van der Waals surface area contributed by atoms with Crippen molar-refractivity contribution in [2.75, 3.05) is 11.1 Å². The first kappa shape index (κ1) is 25.8. The van der Waals surface area contributed by atoms with Crippen molar-refractivity contribution in [1.29, 1.82) is 0 Å². The van der Waals surface area contributed by atoms with Crippen molar-refractivity contribution in [1.82, 2.24) is 0 Å². The second kappa shape index (κ2) is 9.58. The topological polar surface area (TPSA) is 106 Å². The molecule has 0 aliphatic heterocycles. The van der Waals surface area contributed by atoms with E-state index in [9.17, 15) is 49.7 Å². The van der Waals surface area contributed by atoms with E-state index in [1.165, 1.54) is 18.2 Å². The van der Waals surface area contributed by atoms with E-state index in [1.807, 2.05) is 0 Å². The monoisotopic (exact) mass is 520 g/mol. The van der Waals surface area contributed by atoms with Crippen LogP contribution in [0.2, 0.25) is 0 Å².